The predicted molar refractivity (Wildman–Crippen MR) is 249 cm³/mol. The van der Waals surface area contributed by atoms with E-state index in [0.717, 1.165) is 109 Å². The molecule has 1 atom stereocenters. The Kier molecular flexibility index (Phi) is 6.82. The van der Waals surface area contributed by atoms with Crippen LogP contribution in [0.15, 0.2) is 177 Å². The first kappa shape index (κ1) is 33.5. The van der Waals surface area contributed by atoms with Gasteiger partial charge in [-0.25, -0.2) is 15.0 Å². The molecule has 7 nitrogen and oxygen atoms in total. The van der Waals surface area contributed by atoms with Crippen LogP contribution in [0.1, 0.15) is 18.2 Å². The van der Waals surface area contributed by atoms with Crippen molar-refractivity contribution >= 4 is 99.6 Å². The van der Waals surface area contributed by atoms with E-state index < -0.39 is 0 Å². The standard InChI is InChI=1S/C55H32N4O3/c1-2-12-32-30-45-41(27-31(32)11-1)35-13-3-7-17-44(35)59(45)51-40(24-23-39-36-14-4-10-20-48(36)62-52(39)51)55-57-53(33-21-25-49-42(28-33)37-15-5-8-18-46(37)60-49)56-54(58-55)34-22-26-50-43(29-34)38-16-6-9-19-47(38)61-50/h1-21,23-30,34H,22H2. The third-order valence-corrected chi connectivity index (χ3v) is 12.7. The SMILES string of the molecule is C1=c2oc3ccccc3c2=CC(c2nc(-c3ccc4oc5ccccc5c4c3)nc(-c3ccc4c(oc5ccccc54)c3-n3c4ccccc4c4cc5ccccc5cc43)n2)C1. The fourth-order valence-corrected chi connectivity index (χ4v) is 9.84. The molecule has 1 aliphatic carbocycles. The molecule has 1 unspecified atom stereocenters. The van der Waals surface area contributed by atoms with Crippen molar-refractivity contribution in [2.45, 2.75) is 12.3 Å². The van der Waals surface area contributed by atoms with Crippen molar-refractivity contribution in [1.82, 2.24) is 19.5 Å². The van der Waals surface area contributed by atoms with Crippen LogP contribution >= 0.6 is 0 Å². The second kappa shape index (κ2) is 12.6. The zero-order valence-corrected chi connectivity index (χ0v) is 33.0. The lowest BCUT2D eigenvalue weighted by molar-refractivity contribution is 0.569. The first-order valence-corrected chi connectivity index (χ1v) is 20.9. The van der Waals surface area contributed by atoms with Crippen molar-refractivity contribution in [3.8, 4) is 28.5 Å². The number of nitrogens with zero attached hydrogens (tertiary/aromatic N) is 4. The quantitative estimate of drug-likeness (QED) is 0.176. The molecule has 0 bridgehead atoms. The van der Waals surface area contributed by atoms with Crippen LogP contribution in [0, 0.1) is 0 Å². The van der Waals surface area contributed by atoms with Gasteiger partial charge in [-0.05, 0) is 90.0 Å². The summed E-state index contributed by atoms with van der Waals surface area (Å²) in [5.41, 5.74) is 9.71. The van der Waals surface area contributed by atoms with Crippen LogP contribution in [0.5, 0.6) is 0 Å². The highest BCUT2D eigenvalue weighted by Gasteiger charge is 2.26. The fourth-order valence-electron chi connectivity index (χ4n) is 9.84. The summed E-state index contributed by atoms with van der Waals surface area (Å²) in [5, 5.41) is 10.9. The molecule has 8 aromatic carbocycles. The van der Waals surface area contributed by atoms with Crippen molar-refractivity contribution in [2.75, 3.05) is 0 Å². The second-order valence-corrected chi connectivity index (χ2v) is 16.2. The molecule has 0 saturated carbocycles. The Morgan fingerprint density at radius 2 is 1.13 bits per heavy atom. The fraction of sp³-hybridized carbons (Fsp3) is 0.0364. The third kappa shape index (κ3) is 4.84. The van der Waals surface area contributed by atoms with Gasteiger partial charge in [0.05, 0.1) is 11.0 Å². The van der Waals surface area contributed by atoms with Gasteiger partial charge in [0.1, 0.15) is 39.3 Å². The van der Waals surface area contributed by atoms with Gasteiger partial charge in [-0.2, -0.15) is 0 Å². The average Bonchev–Trinajstić information content (AvgIpc) is 4.09. The molecular weight excluding hydrogens is 765 g/mol. The molecular formula is C55H32N4O3. The van der Waals surface area contributed by atoms with Gasteiger partial charge in [0.25, 0.3) is 0 Å². The largest absolute Gasteiger partial charge is 0.456 e. The Morgan fingerprint density at radius 3 is 1.97 bits per heavy atom. The molecule has 0 fully saturated rings. The highest BCUT2D eigenvalue weighted by atomic mass is 16.3. The number of fused-ring (bicyclic) bond motifs is 13. The Balaban J connectivity index is 1.08. The van der Waals surface area contributed by atoms with Crippen molar-refractivity contribution in [2.24, 2.45) is 0 Å². The summed E-state index contributed by atoms with van der Waals surface area (Å²) in [4.78, 5) is 16.2. The average molecular weight is 797 g/mol. The third-order valence-electron chi connectivity index (χ3n) is 12.7. The monoisotopic (exact) mass is 796 g/mol. The zero-order valence-electron chi connectivity index (χ0n) is 33.0. The lowest BCUT2D eigenvalue weighted by Gasteiger charge is -2.17. The number of rotatable bonds is 4. The minimum absolute atomic E-state index is 0.138. The van der Waals surface area contributed by atoms with Crippen LogP contribution in [0.25, 0.3) is 128 Å². The van der Waals surface area contributed by atoms with E-state index in [1.54, 1.807) is 0 Å². The summed E-state index contributed by atoms with van der Waals surface area (Å²) < 4.78 is 21.8. The molecule has 0 aliphatic heterocycles. The van der Waals surface area contributed by atoms with Crippen molar-refractivity contribution in [3.63, 3.8) is 0 Å². The number of benzene rings is 8. The molecule has 62 heavy (non-hydrogen) atoms. The van der Waals surface area contributed by atoms with E-state index in [2.05, 4.69) is 126 Å². The van der Waals surface area contributed by atoms with E-state index in [1.807, 2.05) is 54.6 Å². The number of hydrogen-bond acceptors (Lipinski definition) is 6. The summed E-state index contributed by atoms with van der Waals surface area (Å²) in [7, 11) is 0. The summed E-state index contributed by atoms with van der Waals surface area (Å²) in [5.74, 6) is 1.68. The van der Waals surface area contributed by atoms with Crippen LogP contribution in [-0.4, -0.2) is 19.5 Å². The van der Waals surface area contributed by atoms with Gasteiger partial charge in [-0.1, -0.05) is 103 Å². The molecule has 5 aromatic heterocycles. The molecule has 0 spiro atoms. The molecule has 1 aliphatic rings. The number of hydrogen-bond donors (Lipinski definition) is 0. The van der Waals surface area contributed by atoms with E-state index in [1.165, 1.54) is 5.39 Å². The van der Waals surface area contributed by atoms with Crippen LogP contribution in [0.2, 0.25) is 0 Å². The van der Waals surface area contributed by atoms with E-state index >= 15 is 0 Å². The van der Waals surface area contributed by atoms with Gasteiger partial charge in [0.15, 0.2) is 17.2 Å². The van der Waals surface area contributed by atoms with Gasteiger partial charge in [-0.3, -0.25) is 0 Å². The van der Waals surface area contributed by atoms with E-state index in [-0.39, 0.29) is 5.92 Å². The summed E-state index contributed by atoms with van der Waals surface area (Å²) in [6, 6.07) is 56.9. The zero-order chi connectivity index (χ0) is 40.5. The molecule has 13 aromatic rings. The second-order valence-electron chi connectivity index (χ2n) is 16.2. The Labute approximate surface area is 352 Å². The van der Waals surface area contributed by atoms with Crippen molar-refractivity contribution in [1.29, 1.82) is 0 Å². The number of aromatic nitrogens is 4. The molecule has 7 heteroatoms. The Bertz CT molecular complexity index is 4170. The molecule has 5 heterocycles. The summed E-state index contributed by atoms with van der Waals surface area (Å²) in [6.45, 7) is 0. The normalized spacial score (nSPS) is 14.2. The van der Waals surface area contributed by atoms with Gasteiger partial charge in [0, 0.05) is 60.0 Å². The van der Waals surface area contributed by atoms with E-state index in [4.69, 9.17) is 28.2 Å². The van der Waals surface area contributed by atoms with Gasteiger partial charge >= 0.3 is 0 Å². The summed E-state index contributed by atoms with van der Waals surface area (Å²) in [6.07, 6.45) is 5.11. The maximum absolute atomic E-state index is 6.94. The van der Waals surface area contributed by atoms with Crippen molar-refractivity contribution in [3.05, 3.63) is 180 Å². The van der Waals surface area contributed by atoms with Gasteiger partial charge in [-0.15, -0.1) is 0 Å². The van der Waals surface area contributed by atoms with E-state index in [0.29, 0.717) is 23.9 Å². The lowest BCUT2D eigenvalue weighted by Crippen LogP contribution is -2.25. The molecule has 14 rings (SSSR count). The number of furan rings is 3. The molecule has 290 valence electrons. The molecule has 0 N–H and O–H groups in total. The van der Waals surface area contributed by atoms with Crippen LogP contribution < -0.4 is 10.6 Å². The molecule has 0 radical (unpaired) electrons. The first-order valence-electron chi connectivity index (χ1n) is 20.9. The van der Waals surface area contributed by atoms with Crippen LogP contribution in [0.4, 0.5) is 0 Å². The Morgan fingerprint density at radius 1 is 0.468 bits per heavy atom. The minimum Gasteiger partial charge on any atom is -0.456 e. The Hall–Kier alpha value is -8.29. The maximum atomic E-state index is 6.94. The predicted octanol–water partition coefficient (Wildman–Crippen LogP) is 12.7. The highest BCUT2D eigenvalue weighted by molar-refractivity contribution is 6.17. The summed E-state index contributed by atoms with van der Waals surface area (Å²) >= 11 is 0. The van der Waals surface area contributed by atoms with Gasteiger partial charge in [0.2, 0.25) is 0 Å². The maximum Gasteiger partial charge on any atom is 0.165 e. The van der Waals surface area contributed by atoms with Gasteiger partial charge < -0.3 is 17.8 Å². The highest BCUT2D eigenvalue weighted by Crippen LogP contribution is 2.44. The molecule has 0 amide bonds. The first-order chi connectivity index (χ1) is 30.7. The van der Waals surface area contributed by atoms with Crippen LogP contribution in [0.3, 0.4) is 0 Å². The minimum atomic E-state index is -0.138. The molecule has 0 saturated heterocycles. The van der Waals surface area contributed by atoms with Crippen molar-refractivity contribution < 1.29 is 13.3 Å². The van der Waals surface area contributed by atoms with Crippen LogP contribution in [-0.2, 0) is 0 Å². The van der Waals surface area contributed by atoms with E-state index in [9.17, 15) is 0 Å². The smallest absolute Gasteiger partial charge is 0.165 e. The number of para-hydroxylation sites is 4. The lowest BCUT2D eigenvalue weighted by atomic mass is 9.97. The topological polar surface area (TPSA) is 83.0 Å².